The molecule has 0 heteroatoms. The molecule has 2 saturated carbocycles. The Morgan fingerprint density at radius 2 is 0.889 bits per heavy atom. The molecule has 0 spiro atoms. The monoisotopic (exact) mass is 358 g/mol. The summed E-state index contributed by atoms with van der Waals surface area (Å²) < 4.78 is 0. The third-order valence-electron chi connectivity index (χ3n) is 8.68. The van der Waals surface area contributed by atoms with Gasteiger partial charge in [0.25, 0.3) is 0 Å². The van der Waals surface area contributed by atoms with Crippen LogP contribution in [0.4, 0.5) is 0 Å². The van der Waals surface area contributed by atoms with Crippen LogP contribution in [-0.4, -0.2) is 0 Å². The number of benzene rings is 2. The van der Waals surface area contributed by atoms with E-state index < -0.39 is 0 Å². The summed E-state index contributed by atoms with van der Waals surface area (Å²) in [4.78, 5) is 0. The number of fused-ring (bicyclic) bond motifs is 3. The lowest BCUT2D eigenvalue weighted by Crippen LogP contribution is -2.56. The topological polar surface area (TPSA) is 0 Å². The Kier molecular flexibility index (Phi) is 4.04. The minimum Gasteiger partial charge on any atom is -0.0619 e. The van der Waals surface area contributed by atoms with Crippen LogP contribution in [0.25, 0.3) is 11.1 Å². The zero-order valence-electron chi connectivity index (χ0n) is 17.2. The molecule has 0 aliphatic heterocycles. The van der Waals surface area contributed by atoms with Gasteiger partial charge in [0, 0.05) is 5.41 Å². The molecule has 2 aromatic rings. The molecule has 0 saturated heterocycles. The van der Waals surface area contributed by atoms with Gasteiger partial charge in [0.1, 0.15) is 0 Å². The van der Waals surface area contributed by atoms with Crippen LogP contribution in [0.5, 0.6) is 0 Å². The molecule has 0 nitrogen and oxygen atoms in total. The van der Waals surface area contributed by atoms with Gasteiger partial charge in [-0.1, -0.05) is 101 Å². The van der Waals surface area contributed by atoms with E-state index in [0.717, 1.165) is 0 Å². The maximum Gasteiger partial charge on any atom is 0.0322 e. The second-order valence-electron chi connectivity index (χ2n) is 10.1. The highest BCUT2D eigenvalue weighted by Crippen LogP contribution is 2.70. The summed E-state index contributed by atoms with van der Waals surface area (Å²) in [5, 5.41) is 0. The van der Waals surface area contributed by atoms with Gasteiger partial charge < -0.3 is 0 Å². The van der Waals surface area contributed by atoms with Gasteiger partial charge in [0.05, 0.1) is 0 Å². The molecule has 27 heavy (non-hydrogen) atoms. The summed E-state index contributed by atoms with van der Waals surface area (Å²) in [5.41, 5.74) is 7.24. The maximum atomic E-state index is 2.66. The lowest BCUT2D eigenvalue weighted by molar-refractivity contribution is -0.0140. The Hall–Kier alpha value is -1.56. The van der Waals surface area contributed by atoms with Gasteiger partial charge in [-0.2, -0.15) is 0 Å². The van der Waals surface area contributed by atoms with E-state index in [4.69, 9.17) is 0 Å². The fourth-order valence-electron chi connectivity index (χ4n) is 7.68. The normalized spacial score (nSPS) is 24.8. The molecular weight excluding hydrogens is 324 g/mol. The molecular formula is C27H34. The molecule has 0 heterocycles. The second-order valence-corrected chi connectivity index (χ2v) is 10.1. The molecule has 0 bridgehead atoms. The summed E-state index contributed by atoms with van der Waals surface area (Å²) in [7, 11) is 0. The fraction of sp³-hybridized carbons (Fsp3) is 0.556. The summed E-state index contributed by atoms with van der Waals surface area (Å²) in [6, 6.07) is 18.9. The van der Waals surface area contributed by atoms with Gasteiger partial charge in [-0.3, -0.25) is 0 Å². The molecule has 3 aliphatic carbocycles. The average Bonchev–Trinajstić information content (AvgIpc) is 3.02. The second kappa shape index (κ2) is 6.23. The van der Waals surface area contributed by atoms with E-state index in [1.165, 1.54) is 75.3 Å². The molecule has 2 aromatic carbocycles. The predicted octanol–water partition coefficient (Wildman–Crippen LogP) is 7.89. The Labute approximate surface area is 165 Å². The van der Waals surface area contributed by atoms with Gasteiger partial charge in [-0.25, -0.2) is 0 Å². The van der Waals surface area contributed by atoms with Crippen LogP contribution in [-0.2, 0) is 5.41 Å². The Bertz CT molecular complexity index is 759. The SMILES string of the molecule is CC1(C2(C3(C)CCCCC3)c3ccccc3-c3ccccc32)CCCCC1. The molecule has 0 amide bonds. The van der Waals surface area contributed by atoms with Crippen molar-refractivity contribution in [3.63, 3.8) is 0 Å². The highest BCUT2D eigenvalue weighted by atomic mass is 14.7. The number of hydrogen-bond donors (Lipinski definition) is 0. The minimum absolute atomic E-state index is 0.175. The van der Waals surface area contributed by atoms with Crippen molar-refractivity contribution in [1.82, 2.24) is 0 Å². The lowest BCUT2D eigenvalue weighted by Gasteiger charge is -2.61. The first-order valence-electron chi connectivity index (χ1n) is 11.3. The van der Waals surface area contributed by atoms with Crippen LogP contribution in [0.2, 0.25) is 0 Å². The highest BCUT2D eigenvalue weighted by Gasteiger charge is 2.63. The first-order valence-corrected chi connectivity index (χ1v) is 11.3. The van der Waals surface area contributed by atoms with Crippen molar-refractivity contribution < 1.29 is 0 Å². The van der Waals surface area contributed by atoms with Crippen molar-refractivity contribution in [3.8, 4) is 11.1 Å². The summed E-state index contributed by atoms with van der Waals surface area (Å²) in [6.45, 7) is 5.32. The van der Waals surface area contributed by atoms with Gasteiger partial charge in [0.2, 0.25) is 0 Å². The van der Waals surface area contributed by atoms with Crippen molar-refractivity contribution >= 4 is 0 Å². The van der Waals surface area contributed by atoms with Crippen LogP contribution < -0.4 is 0 Å². The smallest absolute Gasteiger partial charge is 0.0322 e. The van der Waals surface area contributed by atoms with Crippen LogP contribution in [0.15, 0.2) is 48.5 Å². The van der Waals surface area contributed by atoms with E-state index in [1.54, 1.807) is 11.1 Å². The summed E-state index contributed by atoms with van der Waals surface area (Å²) >= 11 is 0. The highest BCUT2D eigenvalue weighted by molar-refractivity contribution is 5.82. The van der Waals surface area contributed by atoms with Gasteiger partial charge in [-0.15, -0.1) is 0 Å². The van der Waals surface area contributed by atoms with Crippen LogP contribution in [0.3, 0.4) is 0 Å². The van der Waals surface area contributed by atoms with E-state index >= 15 is 0 Å². The molecule has 142 valence electrons. The molecule has 0 N–H and O–H groups in total. The lowest BCUT2D eigenvalue weighted by atomic mass is 9.42. The van der Waals surface area contributed by atoms with Crippen molar-refractivity contribution in [1.29, 1.82) is 0 Å². The summed E-state index contributed by atoms with van der Waals surface area (Å²) in [5.74, 6) is 0. The molecule has 3 aliphatic rings. The maximum absolute atomic E-state index is 2.66. The van der Waals surface area contributed by atoms with E-state index in [9.17, 15) is 0 Å². The number of rotatable bonds is 2. The van der Waals surface area contributed by atoms with Crippen molar-refractivity contribution in [2.75, 3.05) is 0 Å². The third kappa shape index (κ3) is 2.22. The van der Waals surface area contributed by atoms with Crippen molar-refractivity contribution in [2.45, 2.75) is 83.5 Å². The van der Waals surface area contributed by atoms with Gasteiger partial charge >= 0.3 is 0 Å². The Balaban J connectivity index is 1.86. The molecule has 0 atom stereocenters. The first kappa shape index (κ1) is 17.5. The molecule has 0 radical (unpaired) electrons. The zero-order valence-corrected chi connectivity index (χ0v) is 17.2. The average molecular weight is 359 g/mol. The number of hydrogen-bond acceptors (Lipinski definition) is 0. The van der Waals surface area contributed by atoms with Crippen LogP contribution in [0, 0.1) is 10.8 Å². The van der Waals surface area contributed by atoms with Gasteiger partial charge in [-0.05, 0) is 58.8 Å². The fourth-order valence-corrected chi connectivity index (χ4v) is 7.68. The molecule has 5 rings (SSSR count). The third-order valence-corrected chi connectivity index (χ3v) is 8.68. The van der Waals surface area contributed by atoms with Crippen LogP contribution >= 0.6 is 0 Å². The van der Waals surface area contributed by atoms with Gasteiger partial charge in [0.15, 0.2) is 0 Å². The largest absolute Gasteiger partial charge is 0.0619 e. The molecule has 0 unspecified atom stereocenters. The van der Waals surface area contributed by atoms with Crippen LogP contribution in [0.1, 0.15) is 89.2 Å². The predicted molar refractivity (Wildman–Crippen MR) is 115 cm³/mol. The van der Waals surface area contributed by atoms with E-state index in [2.05, 4.69) is 62.4 Å². The first-order chi connectivity index (χ1) is 13.1. The Morgan fingerprint density at radius 1 is 0.519 bits per heavy atom. The van der Waals surface area contributed by atoms with E-state index in [-0.39, 0.29) is 5.41 Å². The molecule has 0 aromatic heterocycles. The van der Waals surface area contributed by atoms with Crippen molar-refractivity contribution in [3.05, 3.63) is 59.7 Å². The quantitative estimate of drug-likeness (QED) is 0.512. The zero-order chi connectivity index (χ0) is 18.5. The Morgan fingerprint density at radius 3 is 1.30 bits per heavy atom. The summed E-state index contributed by atoms with van der Waals surface area (Å²) in [6.07, 6.45) is 14.0. The standard InChI is InChI=1S/C27H34/c1-25(17-9-3-10-18-25)27(26(2)19-11-4-12-20-26)23-15-7-5-13-21(23)22-14-6-8-16-24(22)27/h5-8,13-16H,3-4,9-12,17-20H2,1-2H3. The minimum atomic E-state index is 0.175. The van der Waals surface area contributed by atoms with Crippen molar-refractivity contribution in [2.24, 2.45) is 10.8 Å². The molecule has 2 fully saturated rings. The van der Waals surface area contributed by atoms with E-state index in [0.29, 0.717) is 10.8 Å². The van der Waals surface area contributed by atoms with E-state index in [1.807, 2.05) is 0 Å².